The fourth-order valence-electron chi connectivity index (χ4n) is 2.35. The third-order valence-electron chi connectivity index (χ3n) is 3.55. The van der Waals surface area contributed by atoms with Gasteiger partial charge in [0.25, 0.3) is 0 Å². The summed E-state index contributed by atoms with van der Waals surface area (Å²) in [5.41, 5.74) is 1.66. The van der Waals surface area contributed by atoms with Crippen LogP contribution in [0.1, 0.15) is 5.69 Å². The fraction of sp³-hybridized carbons (Fsp3) is 0.250. The Hall–Kier alpha value is -2.32. The average Bonchev–Trinajstić information content (AvgIpc) is 3.08. The molecule has 25 heavy (non-hydrogen) atoms. The Morgan fingerprint density at radius 3 is 2.72 bits per heavy atom. The Balaban J connectivity index is 1.67. The molecule has 0 saturated heterocycles. The van der Waals surface area contributed by atoms with Gasteiger partial charge in [-0.1, -0.05) is 35.5 Å². The van der Waals surface area contributed by atoms with Crippen molar-refractivity contribution in [3.05, 3.63) is 41.0 Å². The number of benzene rings is 1. The van der Waals surface area contributed by atoms with Crippen molar-refractivity contribution in [3.8, 4) is 11.4 Å². The van der Waals surface area contributed by atoms with E-state index in [0.29, 0.717) is 21.8 Å². The number of amides is 1. The molecule has 0 bridgehead atoms. The summed E-state index contributed by atoms with van der Waals surface area (Å²) in [6.07, 6.45) is 0. The molecule has 0 aliphatic rings. The molecule has 2 heterocycles. The number of carbonyl (C=O) groups excluding carboxylic acids is 1. The number of nitrogens with one attached hydrogen (secondary N) is 1. The first-order chi connectivity index (χ1) is 12.0. The fourth-order valence-corrected chi connectivity index (χ4v) is 3.29. The van der Waals surface area contributed by atoms with Crippen molar-refractivity contribution in [2.75, 3.05) is 11.1 Å². The number of aryl methyl sites for hydroxylation is 2. The lowest BCUT2D eigenvalue weighted by molar-refractivity contribution is -0.113. The molecule has 0 aliphatic heterocycles. The van der Waals surface area contributed by atoms with Crippen LogP contribution in [-0.2, 0) is 18.9 Å². The molecular weight excluding hydrogens is 360 g/mol. The van der Waals surface area contributed by atoms with Gasteiger partial charge < -0.3 is 9.88 Å². The summed E-state index contributed by atoms with van der Waals surface area (Å²) in [5, 5.41) is 16.6. The minimum Gasteiger partial charge on any atom is -0.310 e. The molecule has 9 heteroatoms. The van der Waals surface area contributed by atoms with E-state index in [4.69, 9.17) is 11.6 Å². The Kier molecular flexibility index (Phi) is 5.10. The van der Waals surface area contributed by atoms with Gasteiger partial charge in [0.1, 0.15) is 5.82 Å². The Bertz CT molecular complexity index is 919. The number of anilines is 1. The number of hydrogen-bond donors (Lipinski definition) is 1. The minimum absolute atomic E-state index is 0.129. The first-order valence-corrected chi connectivity index (χ1v) is 8.89. The predicted molar refractivity (Wildman–Crippen MR) is 98.7 cm³/mol. The van der Waals surface area contributed by atoms with Crippen LogP contribution in [0.3, 0.4) is 0 Å². The van der Waals surface area contributed by atoms with Crippen molar-refractivity contribution in [3.63, 3.8) is 0 Å². The van der Waals surface area contributed by atoms with Gasteiger partial charge >= 0.3 is 0 Å². The predicted octanol–water partition coefficient (Wildman–Crippen LogP) is 2.91. The number of halogens is 1. The lowest BCUT2D eigenvalue weighted by Gasteiger charge is -2.06. The van der Waals surface area contributed by atoms with Gasteiger partial charge in [-0.15, -0.1) is 10.2 Å². The zero-order chi connectivity index (χ0) is 18.0. The molecule has 1 N–H and O–H groups in total. The SMILES string of the molecule is Cc1cc(NC(=O)CSc2nnc(-c3ccccc3Cl)n2C)n(C)n1. The van der Waals surface area contributed by atoms with E-state index >= 15 is 0 Å². The third kappa shape index (κ3) is 3.85. The molecule has 7 nitrogen and oxygen atoms in total. The molecule has 3 rings (SSSR count). The van der Waals surface area contributed by atoms with E-state index in [1.165, 1.54) is 11.8 Å². The number of aromatic nitrogens is 5. The molecule has 1 aromatic carbocycles. The second kappa shape index (κ2) is 7.28. The normalized spacial score (nSPS) is 10.9. The molecule has 0 radical (unpaired) electrons. The number of thioether (sulfide) groups is 1. The zero-order valence-corrected chi connectivity index (χ0v) is 15.6. The molecule has 3 aromatic rings. The number of carbonyl (C=O) groups is 1. The van der Waals surface area contributed by atoms with Gasteiger partial charge in [0.05, 0.1) is 16.5 Å². The molecule has 0 fully saturated rings. The van der Waals surface area contributed by atoms with Crippen LogP contribution in [0, 0.1) is 6.92 Å². The number of hydrogen-bond acceptors (Lipinski definition) is 5. The molecule has 130 valence electrons. The van der Waals surface area contributed by atoms with Crippen LogP contribution in [-0.4, -0.2) is 36.2 Å². The third-order valence-corrected chi connectivity index (χ3v) is 4.90. The van der Waals surface area contributed by atoms with Gasteiger partial charge in [0, 0.05) is 25.7 Å². The lowest BCUT2D eigenvalue weighted by Crippen LogP contribution is -2.16. The van der Waals surface area contributed by atoms with Crippen molar-refractivity contribution in [1.82, 2.24) is 24.5 Å². The standard InChI is InChI=1S/C16H17ClN6OS/c1-10-8-13(23(3)21-10)18-14(24)9-25-16-20-19-15(22(16)2)11-6-4-5-7-12(11)17/h4-8H,9H2,1-3H3,(H,18,24). The van der Waals surface area contributed by atoms with Crippen LogP contribution < -0.4 is 5.32 Å². The molecule has 0 saturated carbocycles. The van der Waals surface area contributed by atoms with Crippen LogP contribution in [0.15, 0.2) is 35.5 Å². The molecule has 0 unspecified atom stereocenters. The van der Waals surface area contributed by atoms with Crippen molar-refractivity contribution in [2.24, 2.45) is 14.1 Å². The zero-order valence-electron chi connectivity index (χ0n) is 14.0. The first-order valence-electron chi connectivity index (χ1n) is 7.53. The molecular formula is C16H17ClN6OS. The van der Waals surface area contributed by atoms with Gasteiger partial charge in [-0.05, 0) is 19.1 Å². The Labute approximate surface area is 154 Å². The average molecular weight is 377 g/mol. The summed E-state index contributed by atoms with van der Waals surface area (Å²) < 4.78 is 3.46. The Morgan fingerprint density at radius 1 is 1.28 bits per heavy atom. The largest absolute Gasteiger partial charge is 0.310 e. The van der Waals surface area contributed by atoms with Crippen LogP contribution in [0.25, 0.3) is 11.4 Å². The van der Waals surface area contributed by atoms with Gasteiger partial charge in [-0.2, -0.15) is 5.10 Å². The number of nitrogens with zero attached hydrogens (tertiary/aromatic N) is 5. The summed E-state index contributed by atoms with van der Waals surface area (Å²) in [5.74, 6) is 1.42. The van der Waals surface area contributed by atoms with Gasteiger partial charge in [-0.3, -0.25) is 9.48 Å². The summed E-state index contributed by atoms with van der Waals surface area (Å²) >= 11 is 7.53. The number of rotatable bonds is 5. The van der Waals surface area contributed by atoms with E-state index < -0.39 is 0 Å². The van der Waals surface area contributed by atoms with E-state index in [9.17, 15) is 4.79 Å². The summed E-state index contributed by atoms with van der Waals surface area (Å²) in [6, 6.07) is 9.27. The monoisotopic (exact) mass is 376 g/mol. The van der Waals surface area contributed by atoms with E-state index in [1.54, 1.807) is 11.7 Å². The molecule has 2 aromatic heterocycles. The summed E-state index contributed by atoms with van der Waals surface area (Å²) in [4.78, 5) is 12.1. The van der Waals surface area contributed by atoms with Crippen LogP contribution in [0.5, 0.6) is 0 Å². The van der Waals surface area contributed by atoms with Crippen molar-refractivity contribution in [2.45, 2.75) is 12.1 Å². The quantitative estimate of drug-likeness (QED) is 0.693. The topological polar surface area (TPSA) is 77.6 Å². The van der Waals surface area contributed by atoms with Crippen molar-refractivity contribution < 1.29 is 4.79 Å². The summed E-state index contributed by atoms with van der Waals surface area (Å²) in [6.45, 7) is 1.88. The van der Waals surface area contributed by atoms with E-state index in [-0.39, 0.29) is 11.7 Å². The molecule has 0 spiro atoms. The van der Waals surface area contributed by atoms with Gasteiger partial charge in [0.2, 0.25) is 5.91 Å². The second-order valence-electron chi connectivity index (χ2n) is 5.48. The van der Waals surface area contributed by atoms with E-state index in [2.05, 4.69) is 20.6 Å². The minimum atomic E-state index is -0.129. The van der Waals surface area contributed by atoms with Crippen molar-refractivity contribution in [1.29, 1.82) is 0 Å². The highest BCUT2D eigenvalue weighted by Crippen LogP contribution is 2.28. The lowest BCUT2D eigenvalue weighted by atomic mass is 10.2. The van der Waals surface area contributed by atoms with Gasteiger partial charge in [-0.25, -0.2) is 0 Å². The van der Waals surface area contributed by atoms with Crippen molar-refractivity contribution >= 4 is 35.1 Å². The highest BCUT2D eigenvalue weighted by molar-refractivity contribution is 7.99. The van der Waals surface area contributed by atoms with Gasteiger partial charge in [0.15, 0.2) is 11.0 Å². The maximum absolute atomic E-state index is 12.1. The highest BCUT2D eigenvalue weighted by Gasteiger charge is 2.15. The second-order valence-corrected chi connectivity index (χ2v) is 6.83. The maximum Gasteiger partial charge on any atom is 0.235 e. The van der Waals surface area contributed by atoms with Crippen LogP contribution >= 0.6 is 23.4 Å². The molecule has 1 amide bonds. The van der Waals surface area contributed by atoms with Crippen LogP contribution in [0.2, 0.25) is 5.02 Å². The maximum atomic E-state index is 12.1. The smallest absolute Gasteiger partial charge is 0.235 e. The summed E-state index contributed by atoms with van der Waals surface area (Å²) in [7, 11) is 3.64. The Morgan fingerprint density at radius 2 is 2.04 bits per heavy atom. The van der Waals surface area contributed by atoms with E-state index in [0.717, 1.165) is 11.3 Å². The molecule has 0 aliphatic carbocycles. The van der Waals surface area contributed by atoms with E-state index in [1.807, 2.05) is 48.9 Å². The first kappa shape index (κ1) is 17.5. The molecule has 0 atom stereocenters. The highest BCUT2D eigenvalue weighted by atomic mass is 35.5. The van der Waals surface area contributed by atoms with Crippen LogP contribution in [0.4, 0.5) is 5.82 Å².